The molecule has 0 spiro atoms. The lowest BCUT2D eigenvalue weighted by atomic mass is 9.72. The zero-order valence-corrected chi connectivity index (χ0v) is 18.5. The first-order valence-corrected chi connectivity index (χ1v) is 11.5. The summed E-state index contributed by atoms with van der Waals surface area (Å²) in [6, 6.07) is 6.68. The molecule has 2 N–H and O–H groups in total. The van der Waals surface area contributed by atoms with Crippen LogP contribution in [-0.2, 0) is 27.9 Å². The standard InChI is InChI=1S/C24H30FN5O2/c1-26-22-17-6-10-27-14-20(17)28-21(29-22)16-7-11-30(15-16)23(31)24(8-12-32-13-9-24)18-4-2-3-5-19(18)25/h2-5,16,27H,6-15H2,1H3,(H,26,28,29)/t16-/m1/s1. The van der Waals surface area contributed by atoms with Crippen LogP contribution >= 0.6 is 0 Å². The van der Waals surface area contributed by atoms with Gasteiger partial charge >= 0.3 is 0 Å². The van der Waals surface area contributed by atoms with Gasteiger partial charge in [-0.25, -0.2) is 14.4 Å². The number of fused-ring (bicyclic) bond motifs is 1. The van der Waals surface area contributed by atoms with Gasteiger partial charge in [0, 0.05) is 56.9 Å². The number of nitrogens with zero attached hydrogens (tertiary/aromatic N) is 3. The summed E-state index contributed by atoms with van der Waals surface area (Å²) in [7, 11) is 1.89. The molecule has 0 radical (unpaired) electrons. The van der Waals surface area contributed by atoms with Crippen LogP contribution in [0.2, 0.25) is 0 Å². The summed E-state index contributed by atoms with van der Waals surface area (Å²) < 4.78 is 20.3. The van der Waals surface area contributed by atoms with Gasteiger partial charge in [0.05, 0.1) is 11.1 Å². The highest BCUT2D eigenvalue weighted by atomic mass is 19.1. The zero-order chi connectivity index (χ0) is 22.1. The van der Waals surface area contributed by atoms with Gasteiger partial charge in [-0.3, -0.25) is 4.79 Å². The summed E-state index contributed by atoms with van der Waals surface area (Å²) in [6.07, 6.45) is 2.72. The number of likely N-dealkylation sites (tertiary alicyclic amines) is 1. The van der Waals surface area contributed by atoms with Crippen LogP contribution < -0.4 is 10.6 Å². The summed E-state index contributed by atoms with van der Waals surface area (Å²) in [4.78, 5) is 25.4. The minimum Gasteiger partial charge on any atom is -0.381 e. The Morgan fingerprint density at radius 1 is 1.28 bits per heavy atom. The molecule has 0 unspecified atom stereocenters. The molecule has 3 aliphatic rings. The van der Waals surface area contributed by atoms with Crippen LogP contribution in [0.25, 0.3) is 0 Å². The number of halogens is 1. The fraction of sp³-hybridized carbons (Fsp3) is 0.542. The molecule has 1 aromatic carbocycles. The Morgan fingerprint density at radius 2 is 2.09 bits per heavy atom. The van der Waals surface area contributed by atoms with E-state index in [-0.39, 0.29) is 17.6 Å². The Balaban J connectivity index is 1.41. The molecule has 32 heavy (non-hydrogen) atoms. The Labute approximate surface area is 187 Å². The Hall–Kier alpha value is -2.58. The highest BCUT2D eigenvalue weighted by Crippen LogP contribution is 2.40. The fourth-order valence-corrected chi connectivity index (χ4v) is 5.39. The first-order chi connectivity index (χ1) is 15.6. The second kappa shape index (κ2) is 8.75. The van der Waals surface area contributed by atoms with E-state index in [2.05, 4.69) is 10.6 Å². The van der Waals surface area contributed by atoms with E-state index in [1.807, 2.05) is 18.0 Å². The maximum Gasteiger partial charge on any atom is 0.233 e. The van der Waals surface area contributed by atoms with Gasteiger partial charge in [-0.1, -0.05) is 18.2 Å². The number of nitrogens with one attached hydrogen (secondary N) is 2. The summed E-state index contributed by atoms with van der Waals surface area (Å²) in [5, 5.41) is 6.60. The number of rotatable bonds is 4. The van der Waals surface area contributed by atoms with E-state index in [0.29, 0.717) is 44.7 Å². The Bertz CT molecular complexity index is 991. The first kappa shape index (κ1) is 21.3. The molecule has 2 fully saturated rings. The van der Waals surface area contributed by atoms with Gasteiger partial charge in [-0.2, -0.15) is 0 Å². The van der Waals surface area contributed by atoms with Crippen molar-refractivity contribution in [3.05, 3.63) is 52.7 Å². The number of amides is 1. The van der Waals surface area contributed by atoms with Crippen LogP contribution in [0.5, 0.6) is 0 Å². The molecule has 8 heteroatoms. The second-order valence-corrected chi connectivity index (χ2v) is 8.94. The van der Waals surface area contributed by atoms with Crippen molar-refractivity contribution < 1.29 is 13.9 Å². The predicted octanol–water partition coefficient (Wildman–Crippen LogP) is 2.37. The summed E-state index contributed by atoms with van der Waals surface area (Å²) in [5.41, 5.74) is 1.85. The quantitative estimate of drug-likeness (QED) is 0.762. The van der Waals surface area contributed by atoms with Gasteiger partial charge in [-0.15, -0.1) is 0 Å². The lowest BCUT2D eigenvalue weighted by molar-refractivity contribution is -0.140. The number of aromatic nitrogens is 2. The molecule has 2 saturated heterocycles. The van der Waals surface area contributed by atoms with Crippen molar-refractivity contribution in [2.24, 2.45) is 0 Å². The van der Waals surface area contributed by atoms with Crippen molar-refractivity contribution in [1.29, 1.82) is 0 Å². The van der Waals surface area contributed by atoms with E-state index in [4.69, 9.17) is 14.7 Å². The number of carbonyl (C=O) groups excluding carboxylic acids is 1. The molecule has 5 rings (SSSR count). The third-order valence-corrected chi connectivity index (χ3v) is 7.18. The van der Waals surface area contributed by atoms with Crippen LogP contribution in [0, 0.1) is 5.82 Å². The highest BCUT2D eigenvalue weighted by molar-refractivity contribution is 5.89. The number of hydrogen-bond acceptors (Lipinski definition) is 6. The molecule has 170 valence electrons. The molecule has 0 saturated carbocycles. The molecular formula is C24H30FN5O2. The van der Waals surface area contributed by atoms with Crippen molar-refractivity contribution >= 4 is 11.7 Å². The third-order valence-electron chi connectivity index (χ3n) is 7.18. The Kier molecular flexibility index (Phi) is 5.82. The summed E-state index contributed by atoms with van der Waals surface area (Å²) in [6.45, 7) is 3.79. The van der Waals surface area contributed by atoms with Gasteiger partial charge in [0.25, 0.3) is 0 Å². The van der Waals surface area contributed by atoms with E-state index >= 15 is 0 Å². The molecule has 4 heterocycles. The predicted molar refractivity (Wildman–Crippen MR) is 119 cm³/mol. The number of anilines is 1. The lowest BCUT2D eigenvalue weighted by Crippen LogP contribution is -2.49. The van der Waals surface area contributed by atoms with E-state index < -0.39 is 5.41 Å². The zero-order valence-electron chi connectivity index (χ0n) is 18.5. The van der Waals surface area contributed by atoms with Crippen LogP contribution in [0.15, 0.2) is 24.3 Å². The molecule has 3 aliphatic heterocycles. The number of benzene rings is 1. The molecule has 1 atom stereocenters. The minimum absolute atomic E-state index is 0.00173. The molecule has 0 bridgehead atoms. The number of hydrogen-bond donors (Lipinski definition) is 2. The van der Waals surface area contributed by atoms with Crippen LogP contribution in [0.4, 0.5) is 10.2 Å². The van der Waals surface area contributed by atoms with Crippen LogP contribution in [0.3, 0.4) is 0 Å². The smallest absolute Gasteiger partial charge is 0.233 e. The van der Waals surface area contributed by atoms with Crippen molar-refractivity contribution in [3.8, 4) is 0 Å². The van der Waals surface area contributed by atoms with Crippen molar-refractivity contribution in [2.75, 3.05) is 45.2 Å². The lowest BCUT2D eigenvalue weighted by Gasteiger charge is -2.39. The second-order valence-electron chi connectivity index (χ2n) is 8.94. The largest absolute Gasteiger partial charge is 0.381 e. The van der Waals surface area contributed by atoms with E-state index in [9.17, 15) is 9.18 Å². The summed E-state index contributed by atoms with van der Waals surface area (Å²) in [5.74, 6) is 1.45. The molecule has 1 amide bonds. The van der Waals surface area contributed by atoms with E-state index in [1.165, 1.54) is 11.6 Å². The SMILES string of the molecule is CNc1nc([C@@H]2CCN(C(=O)C3(c4ccccc4F)CCOCC3)C2)nc2c1CCNC2. The van der Waals surface area contributed by atoms with Crippen molar-refractivity contribution in [3.63, 3.8) is 0 Å². The molecule has 2 aromatic rings. The minimum atomic E-state index is -0.866. The maximum absolute atomic E-state index is 14.8. The Morgan fingerprint density at radius 3 is 2.88 bits per heavy atom. The maximum atomic E-state index is 14.8. The molecule has 7 nitrogen and oxygen atoms in total. The molecule has 1 aromatic heterocycles. The van der Waals surface area contributed by atoms with Gasteiger partial charge in [0.2, 0.25) is 5.91 Å². The number of carbonyl (C=O) groups is 1. The van der Waals surface area contributed by atoms with E-state index in [1.54, 1.807) is 12.1 Å². The average molecular weight is 440 g/mol. The fourth-order valence-electron chi connectivity index (χ4n) is 5.39. The monoisotopic (exact) mass is 439 g/mol. The topological polar surface area (TPSA) is 79.4 Å². The first-order valence-electron chi connectivity index (χ1n) is 11.5. The number of ether oxygens (including phenoxy) is 1. The van der Waals surface area contributed by atoms with Gasteiger partial charge in [-0.05, 0) is 38.3 Å². The van der Waals surface area contributed by atoms with Gasteiger partial charge in [0.1, 0.15) is 17.5 Å². The third kappa shape index (κ3) is 3.65. The van der Waals surface area contributed by atoms with Gasteiger partial charge < -0.3 is 20.3 Å². The average Bonchev–Trinajstić information content (AvgIpc) is 3.34. The van der Waals surface area contributed by atoms with Crippen molar-refractivity contribution in [1.82, 2.24) is 20.2 Å². The molecular weight excluding hydrogens is 409 g/mol. The summed E-state index contributed by atoms with van der Waals surface area (Å²) >= 11 is 0. The normalized spacial score (nSPS) is 22.4. The van der Waals surface area contributed by atoms with Crippen LogP contribution in [-0.4, -0.2) is 60.7 Å². The van der Waals surface area contributed by atoms with Gasteiger partial charge in [0.15, 0.2) is 0 Å². The highest BCUT2D eigenvalue weighted by Gasteiger charge is 2.47. The van der Waals surface area contributed by atoms with E-state index in [0.717, 1.165) is 43.3 Å². The van der Waals surface area contributed by atoms with Crippen LogP contribution in [0.1, 0.15) is 47.8 Å². The van der Waals surface area contributed by atoms with Crippen molar-refractivity contribution in [2.45, 2.75) is 43.6 Å². The molecule has 0 aliphatic carbocycles.